The molecule has 1 aromatic carbocycles. The average Bonchev–Trinajstić information content (AvgIpc) is 2.77. The normalized spacial score (nSPS) is 23.1. The Morgan fingerprint density at radius 3 is 2.64 bits per heavy atom. The first-order valence-corrected chi connectivity index (χ1v) is 10.5. The zero-order chi connectivity index (χ0) is 17.6. The Hall–Kier alpha value is -1.04. The van der Waals surface area contributed by atoms with Crippen LogP contribution in [0.4, 0.5) is 5.69 Å². The maximum atomic E-state index is 6.36. The number of anilines is 1. The van der Waals surface area contributed by atoms with Crippen LogP contribution < -0.4 is 16.4 Å². The number of fused-ring (bicyclic) bond motifs is 2. The van der Waals surface area contributed by atoms with Gasteiger partial charge in [0.25, 0.3) is 0 Å². The van der Waals surface area contributed by atoms with Gasteiger partial charge < -0.3 is 16.4 Å². The van der Waals surface area contributed by atoms with Gasteiger partial charge in [0.05, 0.1) is 6.04 Å². The first-order valence-electron chi connectivity index (χ1n) is 8.89. The average molecular weight is 465 g/mol. The molecule has 25 heavy (non-hydrogen) atoms. The molecule has 2 aliphatic heterocycles. The molecule has 132 valence electrons. The Morgan fingerprint density at radius 2 is 1.88 bits per heavy atom. The van der Waals surface area contributed by atoms with Crippen LogP contribution in [0.5, 0.6) is 0 Å². The van der Waals surface area contributed by atoms with E-state index < -0.39 is 0 Å². The highest BCUT2D eigenvalue weighted by Gasteiger charge is 2.31. The van der Waals surface area contributed by atoms with Gasteiger partial charge in [-0.15, -0.1) is 0 Å². The van der Waals surface area contributed by atoms with E-state index in [1.54, 1.807) is 5.57 Å². The highest BCUT2D eigenvalue weighted by atomic mass is 79.9. The second-order valence-electron chi connectivity index (χ2n) is 7.05. The molecule has 3 nitrogen and oxygen atoms in total. The van der Waals surface area contributed by atoms with E-state index in [0.29, 0.717) is 0 Å². The second kappa shape index (κ2) is 6.93. The largest absolute Gasteiger partial charge is 0.398 e. The molecule has 4 N–H and O–H groups in total. The summed E-state index contributed by atoms with van der Waals surface area (Å²) in [5, 5.41) is 7.12. The van der Waals surface area contributed by atoms with Gasteiger partial charge in [0.15, 0.2) is 0 Å². The van der Waals surface area contributed by atoms with E-state index >= 15 is 0 Å². The number of dihydropyridines is 1. The van der Waals surface area contributed by atoms with E-state index in [4.69, 9.17) is 5.73 Å². The lowest BCUT2D eigenvalue weighted by Gasteiger charge is -2.30. The van der Waals surface area contributed by atoms with Crippen LogP contribution in [0.15, 0.2) is 38.4 Å². The van der Waals surface area contributed by atoms with E-state index in [-0.39, 0.29) is 6.04 Å². The Labute approximate surface area is 166 Å². The minimum atomic E-state index is 0.254. The molecule has 0 spiro atoms. The number of rotatable bonds is 0. The standard InChI is InChI=1S/C20H23Br2N3/c1-11-17(23)9-16-15(19(11)22)3-2-13-8-14(21)10-25-20(13)18(16)12-4-6-24-7-5-12/h8-10,20,24-25H,2-7,23H2,1H3. The first kappa shape index (κ1) is 17.4. The summed E-state index contributed by atoms with van der Waals surface area (Å²) >= 11 is 7.47. The molecule has 0 saturated carbocycles. The second-order valence-corrected chi connectivity index (χ2v) is 8.75. The van der Waals surface area contributed by atoms with Crippen LogP contribution >= 0.6 is 31.9 Å². The van der Waals surface area contributed by atoms with Gasteiger partial charge in [0, 0.05) is 20.8 Å². The molecule has 0 bridgehead atoms. The SMILES string of the molecule is Cc1c(N)cc2c(c1Br)CCC1=CC(Br)=CNC1C2=C1CCNCC1. The van der Waals surface area contributed by atoms with Crippen molar-refractivity contribution in [2.45, 2.75) is 38.6 Å². The molecule has 1 aromatic rings. The van der Waals surface area contributed by atoms with Gasteiger partial charge in [-0.1, -0.05) is 21.5 Å². The number of hydrogen-bond acceptors (Lipinski definition) is 3. The number of benzene rings is 1. The van der Waals surface area contributed by atoms with Crippen LogP contribution in [0.25, 0.3) is 5.57 Å². The highest BCUT2D eigenvalue weighted by molar-refractivity contribution is 9.12. The maximum Gasteiger partial charge on any atom is 0.0731 e. The zero-order valence-electron chi connectivity index (χ0n) is 14.4. The summed E-state index contributed by atoms with van der Waals surface area (Å²) in [5.41, 5.74) is 15.6. The van der Waals surface area contributed by atoms with E-state index in [1.807, 2.05) is 0 Å². The van der Waals surface area contributed by atoms with Crippen LogP contribution in [-0.2, 0) is 6.42 Å². The van der Waals surface area contributed by atoms with Gasteiger partial charge in [-0.05, 0) is 102 Å². The number of allylic oxidation sites excluding steroid dienone is 2. The molecular formula is C20H23Br2N3. The lowest BCUT2D eigenvalue weighted by molar-refractivity contribution is 0.606. The topological polar surface area (TPSA) is 50.1 Å². The molecule has 1 fully saturated rings. The van der Waals surface area contributed by atoms with Gasteiger partial charge >= 0.3 is 0 Å². The molecule has 0 amide bonds. The number of nitrogens with one attached hydrogen (secondary N) is 2. The monoisotopic (exact) mass is 463 g/mol. The summed E-state index contributed by atoms with van der Waals surface area (Å²) in [6.07, 6.45) is 8.68. The number of piperidine rings is 1. The van der Waals surface area contributed by atoms with Crippen LogP contribution in [-0.4, -0.2) is 19.1 Å². The number of halogens is 2. The van der Waals surface area contributed by atoms with Crippen molar-refractivity contribution in [2.24, 2.45) is 0 Å². The molecule has 4 rings (SSSR count). The van der Waals surface area contributed by atoms with Gasteiger partial charge in [0.2, 0.25) is 0 Å². The lowest BCUT2D eigenvalue weighted by atomic mass is 9.84. The summed E-state index contributed by atoms with van der Waals surface area (Å²) in [6.45, 7) is 4.22. The van der Waals surface area contributed by atoms with E-state index in [9.17, 15) is 0 Å². The van der Waals surface area contributed by atoms with Crippen LogP contribution in [0.1, 0.15) is 36.0 Å². The van der Waals surface area contributed by atoms with Crippen molar-refractivity contribution < 1.29 is 0 Å². The third-order valence-corrected chi connectivity index (χ3v) is 7.10. The minimum absolute atomic E-state index is 0.254. The fourth-order valence-corrected chi connectivity index (χ4v) is 5.25. The molecule has 3 aliphatic rings. The molecular weight excluding hydrogens is 442 g/mol. The van der Waals surface area contributed by atoms with Gasteiger partial charge in [-0.25, -0.2) is 0 Å². The van der Waals surface area contributed by atoms with Crippen molar-refractivity contribution >= 4 is 43.1 Å². The predicted molar refractivity (Wildman–Crippen MR) is 113 cm³/mol. The fourth-order valence-electron chi connectivity index (χ4n) is 4.18. The smallest absolute Gasteiger partial charge is 0.0731 e. The molecule has 1 unspecified atom stereocenters. The summed E-state index contributed by atoms with van der Waals surface area (Å²) in [4.78, 5) is 0. The molecule has 1 saturated heterocycles. The van der Waals surface area contributed by atoms with Crippen molar-refractivity contribution in [2.75, 3.05) is 18.8 Å². The van der Waals surface area contributed by atoms with E-state index in [0.717, 1.165) is 54.5 Å². The predicted octanol–water partition coefficient (Wildman–Crippen LogP) is 4.56. The van der Waals surface area contributed by atoms with E-state index in [1.165, 1.54) is 26.7 Å². The lowest BCUT2D eigenvalue weighted by Crippen LogP contribution is -2.32. The Morgan fingerprint density at radius 1 is 1.12 bits per heavy atom. The fraction of sp³-hybridized carbons (Fsp3) is 0.400. The van der Waals surface area contributed by atoms with Gasteiger partial charge in [0.1, 0.15) is 0 Å². The first-order chi connectivity index (χ1) is 12.1. The van der Waals surface area contributed by atoms with Crippen molar-refractivity contribution in [1.29, 1.82) is 0 Å². The maximum absolute atomic E-state index is 6.36. The van der Waals surface area contributed by atoms with Crippen LogP contribution in [0.3, 0.4) is 0 Å². The summed E-state index contributed by atoms with van der Waals surface area (Å²) in [6, 6.07) is 2.46. The Bertz CT molecular complexity index is 813. The van der Waals surface area contributed by atoms with Crippen molar-refractivity contribution in [3.63, 3.8) is 0 Å². The summed E-state index contributed by atoms with van der Waals surface area (Å²) in [7, 11) is 0. The van der Waals surface area contributed by atoms with Gasteiger partial charge in [-0.3, -0.25) is 0 Å². The van der Waals surface area contributed by atoms with Crippen molar-refractivity contribution in [3.8, 4) is 0 Å². The zero-order valence-corrected chi connectivity index (χ0v) is 17.6. The summed E-state index contributed by atoms with van der Waals surface area (Å²) in [5.74, 6) is 0. The Kier molecular flexibility index (Phi) is 4.82. The molecule has 1 atom stereocenters. The number of hydrogen-bond donors (Lipinski definition) is 3. The highest BCUT2D eigenvalue weighted by Crippen LogP contribution is 2.43. The number of nitrogens with two attached hydrogens (primary N) is 1. The molecule has 0 aromatic heterocycles. The quantitative estimate of drug-likeness (QED) is 0.493. The number of nitrogen functional groups attached to an aromatic ring is 1. The summed E-state index contributed by atoms with van der Waals surface area (Å²) < 4.78 is 2.30. The molecule has 1 aliphatic carbocycles. The molecule has 2 heterocycles. The van der Waals surface area contributed by atoms with Crippen molar-refractivity contribution in [3.05, 3.63) is 55.1 Å². The minimum Gasteiger partial charge on any atom is -0.398 e. The van der Waals surface area contributed by atoms with Crippen LogP contribution in [0, 0.1) is 6.92 Å². The Balaban J connectivity index is 1.95. The van der Waals surface area contributed by atoms with Crippen molar-refractivity contribution in [1.82, 2.24) is 10.6 Å². The van der Waals surface area contributed by atoms with Crippen LogP contribution in [0.2, 0.25) is 0 Å². The third kappa shape index (κ3) is 3.11. The third-order valence-electron chi connectivity index (χ3n) is 5.56. The van der Waals surface area contributed by atoms with E-state index in [2.05, 4.69) is 67.8 Å². The molecule has 5 heteroatoms. The molecule has 0 radical (unpaired) electrons. The van der Waals surface area contributed by atoms with Gasteiger partial charge in [-0.2, -0.15) is 0 Å².